The molecule has 0 spiro atoms. The lowest BCUT2D eigenvalue weighted by Gasteiger charge is -2.04. The van der Waals surface area contributed by atoms with Crippen LogP contribution in [0.15, 0.2) is 54.2 Å². The van der Waals surface area contributed by atoms with Crippen molar-refractivity contribution in [3.63, 3.8) is 0 Å². The van der Waals surface area contributed by atoms with Gasteiger partial charge in [-0.3, -0.25) is 10.1 Å². The van der Waals surface area contributed by atoms with E-state index < -0.39 is 17.5 Å². The minimum atomic E-state index is -0.589. The fourth-order valence-electron chi connectivity index (χ4n) is 2.39. The first kappa shape index (κ1) is 16.9. The van der Waals surface area contributed by atoms with Gasteiger partial charge in [-0.05, 0) is 46.8 Å². The molecule has 2 aromatic heterocycles. The number of thiazole rings is 1. The first-order valence-electron chi connectivity index (χ1n) is 7.66. The maximum absolute atomic E-state index is 13.9. The summed E-state index contributed by atoms with van der Waals surface area (Å²) in [5, 5.41) is 15.3. The molecule has 0 aliphatic heterocycles. The summed E-state index contributed by atoms with van der Waals surface area (Å²) in [5.74, 6) is -1.55. The molecule has 2 heterocycles. The van der Waals surface area contributed by atoms with Gasteiger partial charge in [-0.25, -0.2) is 18.4 Å². The highest BCUT2D eigenvalue weighted by Gasteiger charge is 2.14. The van der Waals surface area contributed by atoms with Crippen LogP contribution < -0.4 is 5.32 Å². The lowest BCUT2D eigenvalue weighted by atomic mass is 10.1. The average Bonchev–Trinajstić information content (AvgIpc) is 3.36. The van der Waals surface area contributed by atoms with Crippen molar-refractivity contribution in [3.8, 4) is 16.9 Å². The van der Waals surface area contributed by atoms with E-state index in [1.54, 1.807) is 29.6 Å². The van der Waals surface area contributed by atoms with Crippen LogP contribution in [0.25, 0.3) is 16.9 Å². The Kier molecular flexibility index (Phi) is 4.38. The van der Waals surface area contributed by atoms with Crippen LogP contribution in [0.3, 0.4) is 0 Å². The Hall–Kier alpha value is -3.53. The number of halogens is 2. The van der Waals surface area contributed by atoms with Gasteiger partial charge in [0.05, 0.1) is 11.4 Å². The second kappa shape index (κ2) is 7.00. The second-order valence-electron chi connectivity index (χ2n) is 5.42. The second-order valence-corrected chi connectivity index (χ2v) is 6.28. The predicted molar refractivity (Wildman–Crippen MR) is 94.6 cm³/mol. The van der Waals surface area contributed by atoms with Crippen molar-refractivity contribution in [2.24, 2.45) is 0 Å². The number of nitrogens with one attached hydrogen (secondary N) is 1. The van der Waals surface area contributed by atoms with Crippen LogP contribution in [0.2, 0.25) is 0 Å². The van der Waals surface area contributed by atoms with Crippen LogP contribution >= 0.6 is 11.3 Å². The van der Waals surface area contributed by atoms with Gasteiger partial charge in [-0.2, -0.15) is 0 Å². The SMILES string of the molecule is O=C(Nc1nc(-c2cc(F)ccc2F)cs1)c1cccc(-n2cnnn2)c1. The molecule has 4 rings (SSSR count). The largest absolute Gasteiger partial charge is 0.298 e. The third-order valence-electron chi connectivity index (χ3n) is 3.65. The monoisotopic (exact) mass is 384 g/mol. The summed E-state index contributed by atoms with van der Waals surface area (Å²) in [6.07, 6.45) is 1.41. The molecule has 0 bridgehead atoms. The fraction of sp³-hybridized carbons (Fsp3) is 0. The zero-order valence-electron chi connectivity index (χ0n) is 13.5. The van der Waals surface area contributed by atoms with Crippen LogP contribution in [0, 0.1) is 11.6 Å². The number of rotatable bonds is 4. The summed E-state index contributed by atoms with van der Waals surface area (Å²) in [6, 6.07) is 9.82. The molecule has 0 fully saturated rings. The average molecular weight is 384 g/mol. The van der Waals surface area contributed by atoms with Crippen LogP contribution in [0.1, 0.15) is 10.4 Å². The van der Waals surface area contributed by atoms with Crippen molar-refractivity contribution in [3.05, 3.63) is 71.4 Å². The van der Waals surface area contributed by atoms with Gasteiger partial charge in [-0.1, -0.05) is 6.07 Å². The number of carbonyl (C=O) groups excluding carboxylic acids is 1. The molecule has 1 N–H and O–H groups in total. The van der Waals surface area contributed by atoms with Crippen molar-refractivity contribution in [2.75, 3.05) is 5.32 Å². The molecule has 0 atom stereocenters. The van der Waals surface area contributed by atoms with Crippen LogP contribution in [0.5, 0.6) is 0 Å². The van der Waals surface area contributed by atoms with Gasteiger partial charge < -0.3 is 0 Å². The number of aromatic nitrogens is 5. The molecule has 134 valence electrons. The molecule has 0 radical (unpaired) electrons. The van der Waals surface area contributed by atoms with E-state index in [0.717, 1.165) is 29.5 Å². The molecule has 7 nitrogen and oxygen atoms in total. The van der Waals surface area contributed by atoms with E-state index in [0.29, 0.717) is 11.3 Å². The third kappa shape index (κ3) is 3.55. The Morgan fingerprint density at radius 3 is 2.85 bits per heavy atom. The van der Waals surface area contributed by atoms with E-state index in [9.17, 15) is 13.6 Å². The Morgan fingerprint density at radius 1 is 1.15 bits per heavy atom. The van der Waals surface area contributed by atoms with Crippen molar-refractivity contribution >= 4 is 22.4 Å². The summed E-state index contributed by atoms with van der Waals surface area (Å²) in [7, 11) is 0. The molecule has 27 heavy (non-hydrogen) atoms. The fourth-order valence-corrected chi connectivity index (χ4v) is 3.09. The number of carbonyl (C=O) groups is 1. The quantitative estimate of drug-likeness (QED) is 0.583. The molecular weight excluding hydrogens is 374 g/mol. The van der Waals surface area contributed by atoms with Crippen LogP contribution in [-0.4, -0.2) is 31.1 Å². The van der Waals surface area contributed by atoms with Gasteiger partial charge in [-0.15, -0.1) is 16.4 Å². The van der Waals surface area contributed by atoms with Gasteiger partial charge in [0.2, 0.25) is 0 Å². The molecular formula is C17H10F2N6OS. The summed E-state index contributed by atoms with van der Waals surface area (Å²) in [5.41, 5.74) is 1.27. The van der Waals surface area contributed by atoms with E-state index in [-0.39, 0.29) is 16.4 Å². The number of hydrogen-bond acceptors (Lipinski definition) is 6. The van der Waals surface area contributed by atoms with Crippen molar-refractivity contribution in [1.82, 2.24) is 25.2 Å². The summed E-state index contributed by atoms with van der Waals surface area (Å²) in [6.45, 7) is 0. The number of hydrogen-bond donors (Lipinski definition) is 1. The van der Waals surface area contributed by atoms with Gasteiger partial charge in [0.15, 0.2) is 5.13 Å². The molecule has 2 aromatic carbocycles. The number of tetrazole rings is 1. The highest BCUT2D eigenvalue weighted by atomic mass is 32.1. The van der Waals surface area contributed by atoms with E-state index in [4.69, 9.17) is 0 Å². The molecule has 0 aliphatic carbocycles. The number of anilines is 1. The Labute approximate surface area is 155 Å². The summed E-state index contributed by atoms with van der Waals surface area (Å²) < 4.78 is 28.6. The molecule has 0 aliphatic rings. The van der Waals surface area contributed by atoms with Crippen molar-refractivity contribution in [2.45, 2.75) is 0 Å². The van der Waals surface area contributed by atoms with Crippen molar-refractivity contribution in [1.29, 1.82) is 0 Å². The van der Waals surface area contributed by atoms with E-state index in [2.05, 4.69) is 25.8 Å². The van der Waals surface area contributed by atoms with Gasteiger partial charge >= 0.3 is 0 Å². The number of nitrogens with zero attached hydrogens (tertiary/aromatic N) is 5. The molecule has 10 heteroatoms. The van der Waals surface area contributed by atoms with Gasteiger partial charge in [0.25, 0.3) is 5.91 Å². The van der Waals surface area contributed by atoms with E-state index >= 15 is 0 Å². The Bertz CT molecular complexity index is 1110. The minimum absolute atomic E-state index is 0.0347. The lowest BCUT2D eigenvalue weighted by molar-refractivity contribution is 0.102. The van der Waals surface area contributed by atoms with Gasteiger partial charge in [0, 0.05) is 16.5 Å². The topological polar surface area (TPSA) is 85.6 Å². The number of benzene rings is 2. The summed E-state index contributed by atoms with van der Waals surface area (Å²) in [4.78, 5) is 16.6. The van der Waals surface area contributed by atoms with E-state index in [1.807, 2.05) is 0 Å². The zero-order chi connectivity index (χ0) is 18.8. The summed E-state index contributed by atoms with van der Waals surface area (Å²) >= 11 is 1.11. The zero-order valence-corrected chi connectivity index (χ0v) is 14.3. The smallest absolute Gasteiger partial charge is 0.257 e. The maximum Gasteiger partial charge on any atom is 0.257 e. The van der Waals surface area contributed by atoms with Crippen LogP contribution in [0.4, 0.5) is 13.9 Å². The number of amides is 1. The highest BCUT2D eigenvalue weighted by molar-refractivity contribution is 7.14. The van der Waals surface area contributed by atoms with Gasteiger partial charge in [0.1, 0.15) is 18.0 Å². The molecule has 4 aromatic rings. The minimum Gasteiger partial charge on any atom is -0.298 e. The maximum atomic E-state index is 13.9. The first-order valence-corrected chi connectivity index (χ1v) is 8.54. The Morgan fingerprint density at radius 2 is 2.04 bits per heavy atom. The van der Waals surface area contributed by atoms with Crippen molar-refractivity contribution < 1.29 is 13.6 Å². The third-order valence-corrected chi connectivity index (χ3v) is 4.41. The first-order chi connectivity index (χ1) is 13.1. The molecule has 0 unspecified atom stereocenters. The van der Waals surface area contributed by atoms with Crippen LogP contribution in [-0.2, 0) is 0 Å². The normalized spacial score (nSPS) is 10.7. The predicted octanol–water partition coefficient (Wildman–Crippen LogP) is 3.32. The highest BCUT2D eigenvalue weighted by Crippen LogP contribution is 2.28. The lowest BCUT2D eigenvalue weighted by Crippen LogP contribution is -2.12. The Balaban J connectivity index is 1.55. The molecule has 0 saturated carbocycles. The molecule has 1 amide bonds. The standard InChI is InChI=1S/C17H10F2N6OS/c18-11-4-5-14(19)13(7-11)15-8-27-17(21-15)22-16(26)10-2-1-3-12(6-10)25-9-20-23-24-25/h1-9H,(H,21,22,26). The molecule has 0 saturated heterocycles. The van der Waals surface area contributed by atoms with E-state index in [1.165, 1.54) is 11.0 Å².